The number of nitrogens with one attached hydrogen (secondary N) is 6. The van der Waals surface area contributed by atoms with Crippen molar-refractivity contribution in [2.45, 2.75) is 9.79 Å². The van der Waals surface area contributed by atoms with Gasteiger partial charge < -0.3 is 19.9 Å². The molecule has 6 N–H and O–H groups in total. The zero-order valence-corrected chi connectivity index (χ0v) is 18.7. The molecule has 3 aromatic carbocycles. The van der Waals surface area contributed by atoms with Crippen molar-refractivity contribution in [3.05, 3.63) is 81.6 Å². The van der Waals surface area contributed by atoms with Crippen LogP contribution in [0.5, 0.6) is 0 Å². The summed E-state index contributed by atoms with van der Waals surface area (Å²) in [6.07, 6.45) is 0. The van der Waals surface area contributed by atoms with Crippen molar-refractivity contribution in [3.63, 3.8) is 0 Å². The largest absolute Gasteiger partial charge is 0.323 e. The monoisotopic (exact) mass is 500 g/mol. The summed E-state index contributed by atoms with van der Waals surface area (Å²) in [5, 5.41) is 0. The van der Waals surface area contributed by atoms with E-state index >= 15 is 0 Å². The van der Waals surface area contributed by atoms with E-state index < -0.39 is 31.4 Å². The average Bonchev–Trinajstić information content (AvgIpc) is 3.33. The predicted molar refractivity (Wildman–Crippen MR) is 126 cm³/mol. The molecular formula is C20H16N6O6S2. The highest BCUT2D eigenvalue weighted by atomic mass is 32.2. The summed E-state index contributed by atoms with van der Waals surface area (Å²) in [6.45, 7) is 0. The molecule has 0 radical (unpaired) electrons. The van der Waals surface area contributed by atoms with E-state index in [0.717, 1.165) is 0 Å². The SMILES string of the molecule is O=c1[nH]c2ccc(S(=O)(=O)Nc3ccc(NS(=O)(=O)c4ccc5[nH]c(=O)[nH]c5c4)cc3)cc2[nH]1. The molecular weight excluding hydrogens is 484 g/mol. The van der Waals surface area contributed by atoms with E-state index in [0.29, 0.717) is 22.1 Å². The van der Waals surface area contributed by atoms with E-state index in [1.807, 2.05) is 0 Å². The van der Waals surface area contributed by atoms with Crippen LogP contribution < -0.4 is 20.8 Å². The molecule has 5 aromatic rings. The molecule has 0 spiro atoms. The molecule has 0 aliphatic carbocycles. The minimum Gasteiger partial charge on any atom is -0.306 e. The molecule has 34 heavy (non-hydrogen) atoms. The van der Waals surface area contributed by atoms with Gasteiger partial charge in [0.25, 0.3) is 20.0 Å². The Morgan fingerprint density at radius 2 is 0.853 bits per heavy atom. The third-order valence-electron chi connectivity index (χ3n) is 4.98. The first-order valence-corrected chi connectivity index (χ1v) is 12.7. The van der Waals surface area contributed by atoms with Crippen LogP contribution in [0, 0.1) is 0 Å². The Morgan fingerprint density at radius 1 is 0.500 bits per heavy atom. The highest BCUT2D eigenvalue weighted by Gasteiger charge is 2.18. The third-order valence-corrected chi connectivity index (χ3v) is 7.74. The Labute approximate surface area is 191 Å². The number of hydrogen-bond acceptors (Lipinski definition) is 6. The first-order chi connectivity index (χ1) is 16.1. The van der Waals surface area contributed by atoms with Crippen molar-refractivity contribution < 1.29 is 16.8 Å². The molecule has 2 aromatic heterocycles. The number of sulfonamides is 2. The lowest BCUT2D eigenvalue weighted by Crippen LogP contribution is -2.14. The van der Waals surface area contributed by atoms with Crippen LogP contribution in [0.1, 0.15) is 0 Å². The fourth-order valence-corrected chi connectivity index (χ4v) is 5.56. The van der Waals surface area contributed by atoms with Gasteiger partial charge in [0.1, 0.15) is 0 Å². The van der Waals surface area contributed by atoms with Crippen LogP contribution in [0.15, 0.2) is 80.0 Å². The molecule has 0 amide bonds. The van der Waals surface area contributed by atoms with Gasteiger partial charge in [0.05, 0.1) is 31.9 Å². The molecule has 5 rings (SSSR count). The molecule has 0 fully saturated rings. The van der Waals surface area contributed by atoms with Gasteiger partial charge in [-0.2, -0.15) is 0 Å². The van der Waals surface area contributed by atoms with Crippen molar-refractivity contribution in [1.82, 2.24) is 19.9 Å². The smallest absolute Gasteiger partial charge is 0.306 e. The number of hydrogen-bond donors (Lipinski definition) is 6. The summed E-state index contributed by atoms with van der Waals surface area (Å²) in [7, 11) is -7.92. The second-order valence-corrected chi connectivity index (χ2v) is 10.7. The van der Waals surface area contributed by atoms with Crippen LogP contribution >= 0.6 is 0 Å². The quantitative estimate of drug-likeness (QED) is 0.205. The van der Waals surface area contributed by atoms with Gasteiger partial charge in [0.2, 0.25) is 0 Å². The maximum absolute atomic E-state index is 12.7. The molecule has 2 heterocycles. The Hall–Kier alpha value is -4.30. The van der Waals surface area contributed by atoms with E-state index in [-0.39, 0.29) is 21.2 Å². The number of aromatic nitrogens is 4. The lowest BCUT2D eigenvalue weighted by molar-refractivity contribution is 0.599. The normalized spacial score (nSPS) is 12.2. The third kappa shape index (κ3) is 4.06. The number of benzene rings is 3. The fourth-order valence-electron chi connectivity index (χ4n) is 3.39. The highest BCUT2D eigenvalue weighted by molar-refractivity contribution is 7.93. The van der Waals surface area contributed by atoms with Gasteiger partial charge in [0.15, 0.2) is 0 Å². The Balaban J connectivity index is 1.35. The summed E-state index contributed by atoms with van der Waals surface area (Å²) >= 11 is 0. The molecule has 12 nitrogen and oxygen atoms in total. The number of aromatic amines is 4. The number of imidazole rings is 2. The van der Waals surface area contributed by atoms with Crippen LogP contribution in [0.25, 0.3) is 22.1 Å². The number of anilines is 2. The molecule has 0 saturated heterocycles. The molecule has 0 bridgehead atoms. The van der Waals surface area contributed by atoms with Crippen molar-refractivity contribution in [1.29, 1.82) is 0 Å². The molecule has 0 aliphatic rings. The maximum atomic E-state index is 12.7. The maximum Gasteiger partial charge on any atom is 0.323 e. The van der Waals surface area contributed by atoms with Crippen LogP contribution in [0.2, 0.25) is 0 Å². The van der Waals surface area contributed by atoms with Gasteiger partial charge in [-0.25, -0.2) is 26.4 Å². The van der Waals surface area contributed by atoms with Gasteiger partial charge in [-0.1, -0.05) is 0 Å². The number of fused-ring (bicyclic) bond motifs is 2. The topological polar surface area (TPSA) is 190 Å². The average molecular weight is 501 g/mol. The van der Waals surface area contributed by atoms with Gasteiger partial charge in [-0.05, 0) is 60.7 Å². The second kappa shape index (κ2) is 7.64. The molecule has 0 atom stereocenters. The summed E-state index contributed by atoms with van der Waals surface area (Å²) in [4.78, 5) is 32.7. The minimum atomic E-state index is -3.96. The predicted octanol–water partition coefficient (Wildman–Crippen LogP) is 1.63. The van der Waals surface area contributed by atoms with E-state index in [9.17, 15) is 26.4 Å². The lowest BCUT2D eigenvalue weighted by Gasteiger charge is -2.11. The Morgan fingerprint density at radius 3 is 1.24 bits per heavy atom. The van der Waals surface area contributed by atoms with Crippen LogP contribution in [0.3, 0.4) is 0 Å². The zero-order chi connectivity index (χ0) is 24.1. The van der Waals surface area contributed by atoms with Crippen molar-refractivity contribution in [3.8, 4) is 0 Å². The van der Waals surface area contributed by atoms with E-state index in [1.54, 1.807) is 0 Å². The summed E-state index contributed by atoms with van der Waals surface area (Å²) in [6, 6.07) is 13.9. The highest BCUT2D eigenvalue weighted by Crippen LogP contribution is 2.23. The molecule has 174 valence electrons. The number of rotatable bonds is 6. The second-order valence-electron chi connectivity index (χ2n) is 7.36. The van der Waals surface area contributed by atoms with Crippen molar-refractivity contribution in [2.24, 2.45) is 0 Å². The molecule has 14 heteroatoms. The van der Waals surface area contributed by atoms with Crippen LogP contribution in [0.4, 0.5) is 11.4 Å². The van der Waals surface area contributed by atoms with Gasteiger partial charge >= 0.3 is 11.4 Å². The fraction of sp³-hybridized carbons (Fsp3) is 0. The first-order valence-electron chi connectivity index (χ1n) is 9.69. The van der Waals surface area contributed by atoms with Crippen LogP contribution in [-0.4, -0.2) is 36.8 Å². The summed E-state index contributed by atoms with van der Waals surface area (Å²) in [5.74, 6) is 0. The van der Waals surface area contributed by atoms with Crippen molar-refractivity contribution >= 4 is 53.5 Å². The van der Waals surface area contributed by atoms with Gasteiger partial charge in [0, 0.05) is 11.4 Å². The van der Waals surface area contributed by atoms with E-state index in [4.69, 9.17) is 0 Å². The molecule has 0 saturated carbocycles. The van der Waals surface area contributed by atoms with E-state index in [2.05, 4.69) is 29.4 Å². The molecule has 0 unspecified atom stereocenters. The Bertz CT molecular complexity index is 1740. The summed E-state index contributed by atoms with van der Waals surface area (Å²) in [5.41, 5.74) is 1.16. The van der Waals surface area contributed by atoms with Gasteiger partial charge in [-0.3, -0.25) is 9.44 Å². The van der Waals surface area contributed by atoms with E-state index in [1.165, 1.54) is 60.7 Å². The van der Waals surface area contributed by atoms with Gasteiger partial charge in [-0.15, -0.1) is 0 Å². The summed E-state index contributed by atoms with van der Waals surface area (Å²) < 4.78 is 55.6. The molecule has 0 aliphatic heterocycles. The Kier molecular flexibility index (Phi) is 4.84. The van der Waals surface area contributed by atoms with Crippen LogP contribution in [-0.2, 0) is 20.0 Å². The zero-order valence-electron chi connectivity index (χ0n) is 17.0. The number of H-pyrrole nitrogens is 4. The van der Waals surface area contributed by atoms with Crippen molar-refractivity contribution in [2.75, 3.05) is 9.44 Å². The first kappa shape index (κ1) is 21.5. The standard InChI is InChI=1S/C20H16N6O6S2/c27-19-21-15-7-5-13(9-17(15)23-19)33(29,30)25-11-1-2-12(4-3-11)26-34(31,32)14-6-8-16-18(10-14)24-20(28)22-16/h1-10,25-26H,(H2,21,23,27)(H2,22,24,28). The minimum absolute atomic E-state index is 0.0572. The lowest BCUT2D eigenvalue weighted by atomic mass is 10.3.